The Hall–Kier alpha value is -1.55. The molecular formula is C14H22N2O2. The smallest absolute Gasteiger partial charge is 0.237 e. The Morgan fingerprint density at radius 2 is 2.11 bits per heavy atom. The number of carbonyl (C=O) groups excluding carboxylic acids is 1. The minimum absolute atomic E-state index is 0.148. The van der Waals surface area contributed by atoms with Gasteiger partial charge in [-0.2, -0.15) is 0 Å². The van der Waals surface area contributed by atoms with Gasteiger partial charge in [-0.05, 0) is 45.4 Å². The monoisotopic (exact) mass is 250 g/mol. The molecule has 0 saturated heterocycles. The summed E-state index contributed by atoms with van der Waals surface area (Å²) in [6.45, 7) is 8.08. The van der Waals surface area contributed by atoms with E-state index in [9.17, 15) is 4.79 Å². The van der Waals surface area contributed by atoms with Crippen molar-refractivity contribution in [1.82, 2.24) is 5.32 Å². The summed E-state index contributed by atoms with van der Waals surface area (Å²) in [4.78, 5) is 11.2. The van der Waals surface area contributed by atoms with Crippen LogP contribution < -0.4 is 15.8 Å². The van der Waals surface area contributed by atoms with Gasteiger partial charge < -0.3 is 10.5 Å². The fourth-order valence-corrected chi connectivity index (χ4v) is 1.41. The second kappa shape index (κ2) is 5.87. The maximum absolute atomic E-state index is 11.2. The van der Waals surface area contributed by atoms with Crippen molar-refractivity contribution in [3.63, 3.8) is 0 Å². The number of hydrogen-bond acceptors (Lipinski definition) is 3. The maximum atomic E-state index is 11.2. The average Bonchev–Trinajstić information content (AvgIpc) is 2.26. The molecule has 0 spiro atoms. The Kier molecular flexibility index (Phi) is 4.73. The lowest BCUT2D eigenvalue weighted by molar-refractivity contribution is -0.123. The topological polar surface area (TPSA) is 64.3 Å². The van der Waals surface area contributed by atoms with Gasteiger partial charge >= 0.3 is 0 Å². The van der Waals surface area contributed by atoms with Crippen molar-refractivity contribution in [2.24, 2.45) is 5.73 Å². The van der Waals surface area contributed by atoms with Gasteiger partial charge in [-0.1, -0.05) is 12.1 Å². The Bertz CT molecular complexity index is 414. The van der Waals surface area contributed by atoms with Crippen molar-refractivity contribution in [3.8, 4) is 5.75 Å². The second-order valence-corrected chi connectivity index (χ2v) is 5.16. The first-order chi connectivity index (χ1) is 8.31. The van der Waals surface area contributed by atoms with Crippen LogP contribution in [0.4, 0.5) is 0 Å². The third-order valence-corrected chi connectivity index (χ3v) is 2.62. The Labute approximate surface area is 109 Å². The van der Waals surface area contributed by atoms with Crippen molar-refractivity contribution < 1.29 is 9.53 Å². The van der Waals surface area contributed by atoms with E-state index < -0.39 is 5.54 Å². The van der Waals surface area contributed by atoms with Crippen LogP contribution in [0.2, 0.25) is 0 Å². The predicted octanol–water partition coefficient (Wildman–Crippen LogP) is 1.83. The van der Waals surface area contributed by atoms with Crippen LogP contribution >= 0.6 is 0 Å². The lowest BCUT2D eigenvalue weighted by Gasteiger charge is -2.22. The lowest BCUT2D eigenvalue weighted by Crippen LogP contribution is -2.50. The van der Waals surface area contributed by atoms with Crippen molar-refractivity contribution in [2.45, 2.75) is 45.9 Å². The molecule has 18 heavy (non-hydrogen) atoms. The molecule has 0 bridgehead atoms. The molecule has 0 atom stereocenters. The number of carbonyl (C=O) groups is 1. The molecule has 0 aliphatic carbocycles. The Morgan fingerprint density at radius 3 is 2.67 bits per heavy atom. The number of primary amides is 1. The highest BCUT2D eigenvalue weighted by Gasteiger charge is 2.23. The van der Waals surface area contributed by atoms with Crippen LogP contribution in [-0.4, -0.2) is 17.6 Å². The normalized spacial score (nSPS) is 11.6. The number of rotatable bonds is 6. The molecule has 1 rings (SSSR count). The van der Waals surface area contributed by atoms with Gasteiger partial charge in [-0.3, -0.25) is 10.1 Å². The molecule has 0 radical (unpaired) electrons. The van der Waals surface area contributed by atoms with E-state index in [1.54, 1.807) is 13.8 Å². The summed E-state index contributed by atoms with van der Waals surface area (Å²) >= 11 is 0. The van der Waals surface area contributed by atoms with E-state index in [2.05, 4.69) is 5.32 Å². The maximum Gasteiger partial charge on any atom is 0.237 e. The highest BCUT2D eigenvalue weighted by molar-refractivity contribution is 5.83. The minimum Gasteiger partial charge on any atom is -0.491 e. The van der Waals surface area contributed by atoms with Gasteiger partial charge in [0.15, 0.2) is 0 Å². The van der Waals surface area contributed by atoms with Crippen LogP contribution in [0.3, 0.4) is 0 Å². The van der Waals surface area contributed by atoms with Gasteiger partial charge in [-0.15, -0.1) is 0 Å². The zero-order valence-corrected chi connectivity index (χ0v) is 11.5. The van der Waals surface area contributed by atoms with Crippen molar-refractivity contribution in [3.05, 3.63) is 29.8 Å². The number of ether oxygens (including phenoxy) is 1. The van der Waals surface area contributed by atoms with E-state index in [-0.39, 0.29) is 12.0 Å². The standard InChI is InChI=1S/C14H22N2O2/c1-10(2)18-12-7-5-6-11(8-12)9-16-14(3,4)13(15)17/h5-8,10,16H,9H2,1-4H3,(H2,15,17). The van der Waals surface area contributed by atoms with Gasteiger partial charge in [0.25, 0.3) is 0 Å². The van der Waals surface area contributed by atoms with Gasteiger partial charge in [0, 0.05) is 6.54 Å². The third kappa shape index (κ3) is 4.37. The SMILES string of the molecule is CC(C)Oc1cccc(CNC(C)(C)C(N)=O)c1. The van der Waals surface area contributed by atoms with E-state index in [4.69, 9.17) is 10.5 Å². The van der Waals surface area contributed by atoms with Gasteiger partial charge in [-0.25, -0.2) is 0 Å². The van der Waals surface area contributed by atoms with Crippen LogP contribution in [0.5, 0.6) is 5.75 Å². The fourth-order valence-electron chi connectivity index (χ4n) is 1.41. The highest BCUT2D eigenvalue weighted by atomic mass is 16.5. The largest absolute Gasteiger partial charge is 0.491 e. The Morgan fingerprint density at radius 1 is 1.44 bits per heavy atom. The summed E-state index contributed by atoms with van der Waals surface area (Å²) in [7, 11) is 0. The van der Waals surface area contributed by atoms with E-state index >= 15 is 0 Å². The zero-order valence-electron chi connectivity index (χ0n) is 11.5. The molecule has 0 heterocycles. The molecule has 0 aliphatic heterocycles. The quantitative estimate of drug-likeness (QED) is 0.809. The van der Waals surface area contributed by atoms with Crippen molar-refractivity contribution in [1.29, 1.82) is 0 Å². The summed E-state index contributed by atoms with van der Waals surface area (Å²) in [6, 6.07) is 7.80. The molecule has 1 aromatic rings. The third-order valence-electron chi connectivity index (χ3n) is 2.62. The van der Waals surface area contributed by atoms with E-state index in [1.165, 1.54) is 0 Å². The van der Waals surface area contributed by atoms with Crippen molar-refractivity contribution >= 4 is 5.91 Å². The molecule has 0 fully saturated rings. The van der Waals surface area contributed by atoms with Gasteiger partial charge in [0.1, 0.15) is 5.75 Å². The first-order valence-corrected chi connectivity index (χ1v) is 6.12. The molecule has 4 nitrogen and oxygen atoms in total. The summed E-state index contributed by atoms with van der Waals surface area (Å²) in [5.74, 6) is 0.471. The summed E-state index contributed by atoms with van der Waals surface area (Å²) in [6.07, 6.45) is 0.148. The molecule has 1 aromatic carbocycles. The second-order valence-electron chi connectivity index (χ2n) is 5.16. The summed E-state index contributed by atoms with van der Waals surface area (Å²) in [5.41, 5.74) is 5.65. The number of hydrogen-bond donors (Lipinski definition) is 2. The molecule has 1 amide bonds. The fraction of sp³-hybridized carbons (Fsp3) is 0.500. The molecule has 4 heteroatoms. The molecular weight excluding hydrogens is 228 g/mol. The van der Waals surface area contributed by atoms with Crippen LogP contribution in [0.15, 0.2) is 24.3 Å². The predicted molar refractivity (Wildman–Crippen MR) is 72.3 cm³/mol. The average molecular weight is 250 g/mol. The molecule has 0 saturated carbocycles. The molecule has 0 aromatic heterocycles. The summed E-state index contributed by atoms with van der Waals surface area (Å²) in [5, 5.41) is 3.13. The van der Waals surface area contributed by atoms with Crippen LogP contribution in [0.25, 0.3) is 0 Å². The molecule has 100 valence electrons. The molecule has 0 aliphatic rings. The number of benzene rings is 1. The number of amides is 1. The highest BCUT2D eigenvalue weighted by Crippen LogP contribution is 2.15. The van der Waals surface area contributed by atoms with Crippen LogP contribution in [-0.2, 0) is 11.3 Å². The Balaban J connectivity index is 2.65. The van der Waals surface area contributed by atoms with Crippen LogP contribution in [0, 0.1) is 0 Å². The summed E-state index contributed by atoms with van der Waals surface area (Å²) < 4.78 is 5.61. The van der Waals surface area contributed by atoms with Gasteiger partial charge in [0.2, 0.25) is 5.91 Å². The van der Waals surface area contributed by atoms with E-state index in [0.29, 0.717) is 6.54 Å². The molecule has 3 N–H and O–H groups in total. The number of nitrogens with two attached hydrogens (primary N) is 1. The van der Waals surface area contributed by atoms with Crippen molar-refractivity contribution in [2.75, 3.05) is 0 Å². The molecule has 0 unspecified atom stereocenters. The minimum atomic E-state index is -0.713. The van der Waals surface area contributed by atoms with Crippen LogP contribution in [0.1, 0.15) is 33.3 Å². The first-order valence-electron chi connectivity index (χ1n) is 6.12. The van der Waals surface area contributed by atoms with E-state index in [1.807, 2.05) is 38.1 Å². The van der Waals surface area contributed by atoms with Gasteiger partial charge in [0.05, 0.1) is 11.6 Å². The lowest BCUT2D eigenvalue weighted by atomic mass is 10.0. The first kappa shape index (κ1) is 14.5. The van der Waals surface area contributed by atoms with E-state index in [0.717, 1.165) is 11.3 Å². The number of nitrogens with one attached hydrogen (secondary N) is 1. The zero-order chi connectivity index (χ0) is 13.8.